The van der Waals surface area contributed by atoms with Crippen LogP contribution in [-0.4, -0.2) is 41.0 Å². The van der Waals surface area contributed by atoms with E-state index in [-0.39, 0.29) is 41.3 Å². The molecule has 5 heterocycles. The van der Waals surface area contributed by atoms with Gasteiger partial charge in [-0.05, 0) is 72.7 Å². The summed E-state index contributed by atoms with van der Waals surface area (Å²) in [6.07, 6.45) is 0. The molecule has 3 aromatic heterocycles. The molecule has 0 fully saturated rings. The minimum atomic E-state index is -1.05. The first-order chi connectivity index (χ1) is 26.0. The van der Waals surface area contributed by atoms with Crippen molar-refractivity contribution in [2.24, 2.45) is 0 Å². The molecule has 9 rings (SSSR count). The molecule has 2 aliphatic rings. The maximum atomic E-state index is 12.2. The Hall–Kier alpha value is -5.67. The molecule has 4 aromatic carbocycles. The van der Waals surface area contributed by atoms with E-state index in [1.165, 1.54) is 0 Å². The fourth-order valence-corrected chi connectivity index (χ4v) is 7.61. The maximum Gasteiger partial charge on any atom is 2.00 e. The topological polar surface area (TPSA) is 143 Å². The molecule has 8 bridgehead atoms. The molecule has 0 saturated carbocycles. The van der Waals surface area contributed by atoms with Crippen molar-refractivity contribution in [1.82, 2.24) is 39.9 Å². The Labute approximate surface area is 337 Å². The summed E-state index contributed by atoms with van der Waals surface area (Å²) in [5, 5.41) is 13.3. The number of aromatic nitrogens is 8. The summed E-state index contributed by atoms with van der Waals surface area (Å²) >= 11 is 0. The fourth-order valence-electron chi connectivity index (χ4n) is 7.61. The van der Waals surface area contributed by atoms with Gasteiger partial charge in [-0.25, -0.2) is 14.8 Å². The van der Waals surface area contributed by atoms with Gasteiger partial charge in [-0.15, -0.1) is 0 Å². The van der Waals surface area contributed by atoms with E-state index in [9.17, 15) is 9.90 Å². The van der Waals surface area contributed by atoms with Crippen LogP contribution in [0.3, 0.4) is 0 Å². The van der Waals surface area contributed by atoms with Gasteiger partial charge in [0.1, 0.15) is 0 Å². The molecule has 274 valence electrons. The summed E-state index contributed by atoms with van der Waals surface area (Å²) in [7, 11) is 0. The van der Waals surface area contributed by atoms with Gasteiger partial charge in [-0.2, -0.15) is 0 Å². The molecule has 0 spiro atoms. The van der Waals surface area contributed by atoms with Gasteiger partial charge in [-0.1, -0.05) is 117 Å². The quantitative estimate of drug-likeness (QED) is 0.160. The van der Waals surface area contributed by atoms with Crippen LogP contribution in [0.4, 0.5) is 0 Å². The van der Waals surface area contributed by atoms with E-state index in [4.69, 9.17) is 39.9 Å². The summed E-state index contributed by atoms with van der Waals surface area (Å²) in [6.45, 7) is 19.6. The molecule has 0 atom stereocenters. The van der Waals surface area contributed by atoms with Gasteiger partial charge >= 0.3 is 25.4 Å². The zero-order valence-electron chi connectivity index (χ0n) is 33.1. The molecule has 56 heavy (non-hydrogen) atoms. The van der Waals surface area contributed by atoms with Crippen LogP contribution < -0.4 is 9.97 Å². The zero-order valence-corrected chi connectivity index (χ0v) is 36.0. The first kappa shape index (κ1) is 37.3. The molecule has 0 amide bonds. The Bertz CT molecular complexity index is 2980. The van der Waals surface area contributed by atoms with Gasteiger partial charge in [0.15, 0.2) is 0 Å². The molecule has 0 unspecified atom stereocenters. The van der Waals surface area contributed by atoms with E-state index in [2.05, 4.69) is 86.6 Å². The summed E-state index contributed by atoms with van der Waals surface area (Å²) in [5.41, 5.74) is 7.60. The Morgan fingerprint density at radius 2 is 1.09 bits per heavy atom. The molecule has 10 nitrogen and oxygen atoms in total. The van der Waals surface area contributed by atoms with Crippen LogP contribution in [0.25, 0.3) is 89.7 Å². The number of carbonyl (C=O) groups is 1. The summed E-state index contributed by atoms with van der Waals surface area (Å²) in [6, 6.07) is 23.5. The number of nitrogens with zero attached hydrogens (tertiary/aromatic N) is 8. The van der Waals surface area contributed by atoms with Crippen molar-refractivity contribution in [3.63, 3.8) is 0 Å². The standard InChI is InChI=1S/C45H41N8O2.Zn/c1-43(2,3)23-17-19-25-29(21-23)39-47-34(25)46-38-28-20-22(42(54)55)16-18-24(28)35(48-38)50-40-33-27(13-11-15-31(33)45(7,8)9)37(52-40)53-41-32-26(36(49-39)51-41)12-10-14-30(32)44(4,5)6;/h10-21H,1-9H3,(H2-,46,47,48,49,50,51,52,53,54,55);/q-1;+2/p-1. The molecular weight excluding hydrogens is 750 g/mol. The third-order valence-corrected chi connectivity index (χ3v) is 10.5. The van der Waals surface area contributed by atoms with Crippen LogP contribution >= 0.6 is 0 Å². The third kappa shape index (κ3) is 6.00. The van der Waals surface area contributed by atoms with E-state index in [0.717, 1.165) is 49.4 Å². The van der Waals surface area contributed by atoms with Gasteiger partial charge in [-0.3, -0.25) is 0 Å². The number of hydrogen-bond acceptors (Lipinski definition) is 7. The SMILES string of the molecule is CC(C)(C)c1ccc2c3nc4nc(nc5[n-]c(nc6nc(nc([n-]3)c2c1)-c1cccc(C(C)(C)C)c1-6)c1cccc(C(C)(C)C)c51)-c1ccc(C(=O)O)cc1-4.[Zn+2]. The fraction of sp³-hybridized carbons (Fsp3) is 0.267. The van der Waals surface area contributed by atoms with Crippen LogP contribution in [0.5, 0.6) is 0 Å². The van der Waals surface area contributed by atoms with Gasteiger partial charge in [0.2, 0.25) is 0 Å². The first-order valence-corrected chi connectivity index (χ1v) is 18.5. The number of carboxylic acid groups (broad SMARTS) is 1. The summed E-state index contributed by atoms with van der Waals surface area (Å²) < 4.78 is 0. The largest absolute Gasteiger partial charge is 2.00 e. The number of aromatic carboxylic acids is 1. The van der Waals surface area contributed by atoms with E-state index < -0.39 is 5.97 Å². The van der Waals surface area contributed by atoms with Crippen LogP contribution in [-0.2, 0) is 35.7 Å². The Morgan fingerprint density at radius 1 is 0.518 bits per heavy atom. The van der Waals surface area contributed by atoms with Crippen LogP contribution in [0.2, 0.25) is 0 Å². The number of rotatable bonds is 1. The predicted octanol–water partition coefficient (Wildman–Crippen LogP) is 9.72. The summed E-state index contributed by atoms with van der Waals surface area (Å²) in [5.74, 6) is 0.653. The minimum absolute atomic E-state index is 0. The van der Waals surface area contributed by atoms with Gasteiger partial charge < -0.3 is 35.0 Å². The van der Waals surface area contributed by atoms with Crippen LogP contribution in [0.15, 0.2) is 72.8 Å². The molecule has 2 aliphatic heterocycles. The van der Waals surface area contributed by atoms with Crippen molar-refractivity contribution in [3.8, 4) is 45.6 Å². The van der Waals surface area contributed by atoms with Crippen molar-refractivity contribution in [1.29, 1.82) is 0 Å². The second-order valence-electron chi connectivity index (χ2n) is 17.5. The Kier molecular flexibility index (Phi) is 8.44. The second-order valence-corrected chi connectivity index (χ2v) is 17.5. The number of carboxylic acids is 1. The van der Waals surface area contributed by atoms with Crippen LogP contribution in [0.1, 0.15) is 89.4 Å². The van der Waals surface area contributed by atoms with E-state index in [1.807, 2.05) is 30.3 Å². The van der Waals surface area contributed by atoms with E-state index >= 15 is 0 Å². The van der Waals surface area contributed by atoms with Gasteiger partial charge in [0.25, 0.3) is 0 Å². The Morgan fingerprint density at radius 3 is 1.79 bits per heavy atom. The predicted molar refractivity (Wildman–Crippen MR) is 217 cm³/mol. The van der Waals surface area contributed by atoms with E-state index in [1.54, 1.807) is 18.2 Å². The van der Waals surface area contributed by atoms with Crippen molar-refractivity contribution in [3.05, 3.63) is 95.1 Å². The first-order valence-electron chi connectivity index (χ1n) is 18.5. The van der Waals surface area contributed by atoms with Gasteiger partial charge in [0, 0.05) is 44.8 Å². The molecule has 0 saturated heterocycles. The van der Waals surface area contributed by atoms with Crippen molar-refractivity contribution < 1.29 is 29.4 Å². The second kappa shape index (κ2) is 12.7. The molecule has 7 aromatic rings. The monoisotopic (exact) mass is 788 g/mol. The summed E-state index contributed by atoms with van der Waals surface area (Å²) in [4.78, 5) is 53.1. The third-order valence-electron chi connectivity index (χ3n) is 10.5. The maximum absolute atomic E-state index is 12.2. The Balaban J connectivity index is 0.00000441. The molecular formula is C45H40N8O2Zn. The molecule has 1 N–H and O–H groups in total. The average Bonchev–Trinajstić information content (AvgIpc) is 3.85. The molecule has 0 aliphatic carbocycles. The number of fused-ring (bicyclic) bond motifs is 20. The van der Waals surface area contributed by atoms with Crippen molar-refractivity contribution >= 4 is 50.1 Å². The van der Waals surface area contributed by atoms with Gasteiger partial charge in [0.05, 0.1) is 28.9 Å². The number of benzene rings is 4. The zero-order chi connectivity index (χ0) is 38.8. The molecule has 11 heteroatoms. The molecule has 0 radical (unpaired) electrons. The average molecular weight is 790 g/mol. The smallest absolute Gasteiger partial charge is 0.478 e. The minimum Gasteiger partial charge on any atom is -0.478 e. The van der Waals surface area contributed by atoms with Crippen molar-refractivity contribution in [2.45, 2.75) is 78.6 Å². The van der Waals surface area contributed by atoms with Crippen molar-refractivity contribution in [2.75, 3.05) is 0 Å². The van der Waals surface area contributed by atoms with Crippen LogP contribution in [0, 0.1) is 0 Å². The normalized spacial score (nSPS) is 12.7. The van der Waals surface area contributed by atoms with E-state index in [0.29, 0.717) is 57.0 Å². The number of hydrogen-bond donors (Lipinski definition) is 1.